The van der Waals surface area contributed by atoms with E-state index in [0.717, 1.165) is 36.8 Å². The van der Waals surface area contributed by atoms with Crippen molar-refractivity contribution < 1.29 is 8.42 Å². The lowest BCUT2D eigenvalue weighted by atomic mass is 9.95. The molecule has 0 aliphatic heterocycles. The summed E-state index contributed by atoms with van der Waals surface area (Å²) >= 11 is 0. The predicted molar refractivity (Wildman–Crippen MR) is 107 cm³/mol. The second-order valence-electron chi connectivity index (χ2n) is 6.99. The fourth-order valence-corrected chi connectivity index (χ4v) is 5.15. The quantitative estimate of drug-likeness (QED) is 0.716. The molecule has 26 heavy (non-hydrogen) atoms. The molecule has 3 nitrogen and oxygen atoms in total. The van der Waals surface area contributed by atoms with E-state index in [1.807, 2.05) is 61.5 Å². The zero-order chi connectivity index (χ0) is 18.4. The minimum atomic E-state index is -3.49. The molecule has 0 atom stereocenters. The first-order chi connectivity index (χ1) is 12.6. The maximum absolute atomic E-state index is 13.3. The molecule has 138 valence electrons. The van der Waals surface area contributed by atoms with Gasteiger partial charge in [-0.25, -0.2) is 8.42 Å². The van der Waals surface area contributed by atoms with Gasteiger partial charge in [0.2, 0.25) is 10.0 Å². The van der Waals surface area contributed by atoms with Crippen LogP contribution in [0.2, 0.25) is 0 Å². The molecule has 1 saturated carbocycles. The van der Waals surface area contributed by atoms with Gasteiger partial charge in [0.25, 0.3) is 0 Å². The van der Waals surface area contributed by atoms with Gasteiger partial charge in [0.05, 0.1) is 4.90 Å². The van der Waals surface area contributed by atoms with E-state index in [-0.39, 0.29) is 6.04 Å². The molecule has 0 spiro atoms. The summed E-state index contributed by atoms with van der Waals surface area (Å²) in [5.41, 5.74) is 2.15. The molecule has 1 fully saturated rings. The standard InChI is InChI=1S/C22H27NO2S/c1-19-14-16-22(17-15-19)26(24,25)23(21-12-6-3-7-13-21)18-8-11-20-9-4-2-5-10-20/h2,4-5,8-11,14-17,21H,3,6-7,12-13,18H2,1H3/b11-8+. The third-order valence-corrected chi connectivity index (χ3v) is 6.94. The molecule has 0 aromatic heterocycles. The lowest BCUT2D eigenvalue weighted by molar-refractivity contribution is 0.269. The zero-order valence-corrected chi connectivity index (χ0v) is 16.2. The van der Waals surface area contributed by atoms with E-state index in [4.69, 9.17) is 0 Å². The van der Waals surface area contributed by atoms with E-state index in [0.29, 0.717) is 11.4 Å². The predicted octanol–water partition coefficient (Wildman–Crippen LogP) is 5.03. The molecule has 4 heteroatoms. The second kappa shape index (κ2) is 8.65. The van der Waals surface area contributed by atoms with Crippen molar-refractivity contribution in [2.75, 3.05) is 6.54 Å². The van der Waals surface area contributed by atoms with Crippen molar-refractivity contribution in [2.45, 2.75) is 50.0 Å². The molecule has 0 radical (unpaired) electrons. The Morgan fingerprint density at radius 1 is 0.962 bits per heavy atom. The first kappa shape index (κ1) is 18.9. The highest BCUT2D eigenvalue weighted by Crippen LogP contribution is 2.28. The molecule has 1 aliphatic rings. The van der Waals surface area contributed by atoms with Gasteiger partial charge in [-0.1, -0.05) is 79.4 Å². The number of hydrogen-bond donors (Lipinski definition) is 0. The van der Waals surface area contributed by atoms with Crippen molar-refractivity contribution in [3.63, 3.8) is 0 Å². The SMILES string of the molecule is Cc1ccc(S(=O)(=O)N(C/C=C/c2ccccc2)C2CCCCC2)cc1. The van der Waals surface area contributed by atoms with Crippen LogP contribution < -0.4 is 0 Å². The van der Waals surface area contributed by atoms with Gasteiger partial charge < -0.3 is 0 Å². The maximum atomic E-state index is 13.3. The molecule has 0 amide bonds. The van der Waals surface area contributed by atoms with E-state index in [1.54, 1.807) is 16.4 Å². The highest BCUT2D eigenvalue weighted by atomic mass is 32.2. The van der Waals surface area contributed by atoms with Gasteiger partial charge in [0, 0.05) is 12.6 Å². The number of nitrogens with zero attached hydrogens (tertiary/aromatic N) is 1. The lowest BCUT2D eigenvalue weighted by Gasteiger charge is -2.32. The summed E-state index contributed by atoms with van der Waals surface area (Å²) < 4.78 is 28.3. The Balaban J connectivity index is 1.85. The molecule has 0 bridgehead atoms. The van der Waals surface area contributed by atoms with E-state index in [1.165, 1.54) is 6.42 Å². The summed E-state index contributed by atoms with van der Waals surface area (Å²) in [7, 11) is -3.49. The fourth-order valence-electron chi connectivity index (χ4n) is 3.51. The first-order valence-corrected chi connectivity index (χ1v) is 10.8. The van der Waals surface area contributed by atoms with Gasteiger partial charge in [-0.3, -0.25) is 0 Å². The van der Waals surface area contributed by atoms with Gasteiger partial charge in [-0.15, -0.1) is 0 Å². The molecule has 0 heterocycles. The van der Waals surface area contributed by atoms with Crippen LogP contribution in [0.25, 0.3) is 6.08 Å². The van der Waals surface area contributed by atoms with Gasteiger partial charge in [0.15, 0.2) is 0 Å². The van der Waals surface area contributed by atoms with E-state index in [2.05, 4.69) is 0 Å². The minimum absolute atomic E-state index is 0.0930. The smallest absolute Gasteiger partial charge is 0.207 e. The normalized spacial score (nSPS) is 16.4. The molecular weight excluding hydrogens is 342 g/mol. The Bertz CT molecular complexity index is 820. The summed E-state index contributed by atoms with van der Waals surface area (Å²) in [6, 6.07) is 17.3. The monoisotopic (exact) mass is 369 g/mol. The van der Waals surface area contributed by atoms with Crippen LogP contribution in [0.4, 0.5) is 0 Å². The molecule has 0 N–H and O–H groups in total. The minimum Gasteiger partial charge on any atom is -0.207 e. The van der Waals surface area contributed by atoms with Gasteiger partial charge in [-0.05, 0) is 37.5 Å². The molecule has 2 aromatic rings. The largest absolute Gasteiger partial charge is 0.243 e. The highest BCUT2D eigenvalue weighted by molar-refractivity contribution is 7.89. The molecule has 2 aromatic carbocycles. The zero-order valence-electron chi connectivity index (χ0n) is 15.3. The van der Waals surface area contributed by atoms with Gasteiger partial charge in [-0.2, -0.15) is 4.31 Å². The van der Waals surface area contributed by atoms with Crippen LogP contribution in [-0.2, 0) is 10.0 Å². The second-order valence-corrected chi connectivity index (χ2v) is 8.88. The number of benzene rings is 2. The molecule has 0 saturated heterocycles. The number of aryl methyl sites for hydroxylation is 1. The topological polar surface area (TPSA) is 37.4 Å². The summed E-state index contributed by atoms with van der Waals surface area (Å²) in [5, 5.41) is 0. The maximum Gasteiger partial charge on any atom is 0.243 e. The Morgan fingerprint density at radius 2 is 1.62 bits per heavy atom. The molecule has 3 rings (SSSR count). The fraction of sp³-hybridized carbons (Fsp3) is 0.364. The summed E-state index contributed by atoms with van der Waals surface area (Å²) in [6.45, 7) is 2.38. The lowest BCUT2D eigenvalue weighted by Crippen LogP contribution is -2.41. The van der Waals surface area contributed by atoms with Crippen molar-refractivity contribution in [1.82, 2.24) is 4.31 Å². The van der Waals surface area contributed by atoms with E-state index < -0.39 is 10.0 Å². The summed E-state index contributed by atoms with van der Waals surface area (Å²) in [5.74, 6) is 0. The van der Waals surface area contributed by atoms with Crippen LogP contribution in [0.3, 0.4) is 0 Å². The van der Waals surface area contributed by atoms with Gasteiger partial charge >= 0.3 is 0 Å². The van der Waals surface area contributed by atoms with Crippen LogP contribution in [0.15, 0.2) is 65.6 Å². The Hall–Kier alpha value is -1.91. The van der Waals surface area contributed by atoms with Crippen molar-refractivity contribution in [3.05, 3.63) is 71.8 Å². The van der Waals surface area contributed by atoms with Gasteiger partial charge in [0.1, 0.15) is 0 Å². The van der Waals surface area contributed by atoms with Crippen LogP contribution in [0, 0.1) is 6.92 Å². The van der Waals surface area contributed by atoms with E-state index in [9.17, 15) is 8.42 Å². The average Bonchev–Trinajstić information content (AvgIpc) is 2.67. The Kier molecular flexibility index (Phi) is 6.28. The molecular formula is C22H27NO2S. The van der Waals surface area contributed by atoms with Crippen LogP contribution >= 0.6 is 0 Å². The summed E-state index contributed by atoms with van der Waals surface area (Å²) in [6.07, 6.45) is 9.28. The third-order valence-electron chi connectivity index (χ3n) is 5.00. The first-order valence-electron chi connectivity index (χ1n) is 9.37. The molecule has 0 unspecified atom stereocenters. The average molecular weight is 370 g/mol. The third kappa shape index (κ3) is 4.63. The Morgan fingerprint density at radius 3 is 2.27 bits per heavy atom. The molecule has 1 aliphatic carbocycles. The summed E-state index contributed by atoms with van der Waals surface area (Å²) in [4.78, 5) is 0.391. The Labute approximate surface area is 157 Å². The van der Waals surface area contributed by atoms with Crippen LogP contribution in [0.1, 0.15) is 43.2 Å². The van der Waals surface area contributed by atoms with Crippen molar-refractivity contribution >= 4 is 16.1 Å². The van der Waals surface area contributed by atoms with Crippen molar-refractivity contribution in [3.8, 4) is 0 Å². The highest BCUT2D eigenvalue weighted by Gasteiger charge is 2.31. The number of hydrogen-bond acceptors (Lipinski definition) is 2. The number of sulfonamides is 1. The van der Waals surface area contributed by atoms with Crippen molar-refractivity contribution in [2.24, 2.45) is 0 Å². The number of rotatable bonds is 6. The van der Waals surface area contributed by atoms with E-state index >= 15 is 0 Å². The van der Waals surface area contributed by atoms with Crippen molar-refractivity contribution in [1.29, 1.82) is 0 Å². The van der Waals surface area contributed by atoms with Crippen LogP contribution in [-0.4, -0.2) is 25.3 Å². The van der Waals surface area contributed by atoms with Crippen LogP contribution in [0.5, 0.6) is 0 Å².